The number of aliphatic carboxylic acids is 1. The van der Waals surface area contributed by atoms with Crippen molar-refractivity contribution < 1.29 is 24.4 Å². The van der Waals surface area contributed by atoms with Gasteiger partial charge in [-0.3, -0.25) is 14.9 Å². The molecule has 0 aromatic heterocycles. The van der Waals surface area contributed by atoms with Crippen molar-refractivity contribution in [1.29, 1.82) is 0 Å². The Morgan fingerprint density at radius 2 is 1.90 bits per heavy atom. The molecule has 1 unspecified atom stereocenters. The van der Waals surface area contributed by atoms with Crippen LogP contribution < -0.4 is 5.01 Å². The fourth-order valence-corrected chi connectivity index (χ4v) is 3.23. The van der Waals surface area contributed by atoms with Crippen LogP contribution in [0.2, 0.25) is 5.02 Å². The number of nitrogens with zero attached hydrogens (tertiary/aromatic N) is 3. The predicted molar refractivity (Wildman–Crippen MR) is 115 cm³/mol. The van der Waals surface area contributed by atoms with E-state index in [1.165, 1.54) is 42.5 Å². The molecule has 2 aromatic rings. The maximum atomic E-state index is 13.0. The summed E-state index contributed by atoms with van der Waals surface area (Å²) in [5.41, 5.74) is 1.23. The summed E-state index contributed by atoms with van der Waals surface area (Å²) in [7, 11) is 1.46. The molecular formula is C21H18ClN3O6. The van der Waals surface area contributed by atoms with Crippen molar-refractivity contribution >= 4 is 46.6 Å². The van der Waals surface area contributed by atoms with Gasteiger partial charge in [0.15, 0.2) is 0 Å². The van der Waals surface area contributed by atoms with E-state index in [0.29, 0.717) is 22.0 Å². The number of nitro benzene ring substituents is 1. The van der Waals surface area contributed by atoms with Crippen molar-refractivity contribution in [3.8, 4) is 0 Å². The maximum Gasteiger partial charge on any atom is 0.331 e. The van der Waals surface area contributed by atoms with E-state index in [1.54, 1.807) is 24.3 Å². The Morgan fingerprint density at radius 3 is 2.45 bits per heavy atom. The van der Waals surface area contributed by atoms with E-state index in [2.05, 4.69) is 5.10 Å². The summed E-state index contributed by atoms with van der Waals surface area (Å²) < 4.78 is 5.14. The second-order valence-corrected chi connectivity index (χ2v) is 7.17. The van der Waals surface area contributed by atoms with Crippen molar-refractivity contribution in [3.63, 3.8) is 0 Å². The molecule has 0 aliphatic carbocycles. The third-order valence-corrected chi connectivity index (χ3v) is 4.90. The Morgan fingerprint density at radius 1 is 1.26 bits per heavy atom. The minimum absolute atomic E-state index is 0.0334. The van der Waals surface area contributed by atoms with Gasteiger partial charge >= 0.3 is 5.97 Å². The van der Waals surface area contributed by atoms with E-state index in [-0.39, 0.29) is 30.2 Å². The number of carbonyl (C=O) groups is 2. The zero-order valence-corrected chi connectivity index (χ0v) is 17.2. The highest BCUT2D eigenvalue weighted by Gasteiger charge is 2.37. The molecule has 1 N–H and O–H groups in total. The fraction of sp³-hybridized carbons (Fsp3) is 0.190. The highest BCUT2D eigenvalue weighted by atomic mass is 35.5. The number of amides is 1. The lowest BCUT2D eigenvalue weighted by Gasteiger charge is -2.15. The van der Waals surface area contributed by atoms with Crippen molar-refractivity contribution in [2.45, 2.75) is 6.42 Å². The number of non-ortho nitro benzene ring substituents is 1. The number of ether oxygens (including phenoxy) is 1. The molecule has 1 amide bonds. The summed E-state index contributed by atoms with van der Waals surface area (Å²) in [4.78, 5) is 35.1. The first-order valence-corrected chi connectivity index (χ1v) is 9.52. The lowest BCUT2D eigenvalue weighted by molar-refractivity contribution is -0.384. The zero-order valence-electron chi connectivity index (χ0n) is 16.4. The highest BCUT2D eigenvalue weighted by molar-refractivity contribution is 6.30. The average Bonchev–Trinajstić information content (AvgIpc) is 3.04. The quantitative estimate of drug-likeness (QED) is 0.376. The zero-order chi connectivity index (χ0) is 22.5. The van der Waals surface area contributed by atoms with Crippen LogP contribution in [-0.2, 0) is 14.3 Å². The van der Waals surface area contributed by atoms with Crippen LogP contribution in [0.15, 0.2) is 59.2 Å². The van der Waals surface area contributed by atoms with Crippen LogP contribution in [-0.4, -0.2) is 41.3 Å². The number of methoxy groups -OCH3 is 1. The number of rotatable bonds is 8. The number of carbonyl (C=O) groups excluding carboxylic acids is 1. The van der Waals surface area contributed by atoms with Crippen LogP contribution in [0.4, 0.5) is 11.4 Å². The molecule has 160 valence electrons. The van der Waals surface area contributed by atoms with Crippen LogP contribution in [0.25, 0.3) is 6.08 Å². The Kier molecular flexibility index (Phi) is 6.78. The average molecular weight is 444 g/mol. The molecular weight excluding hydrogens is 426 g/mol. The second kappa shape index (κ2) is 9.50. The number of carboxylic acid groups (broad SMARTS) is 1. The van der Waals surface area contributed by atoms with Crippen LogP contribution in [0.1, 0.15) is 12.0 Å². The minimum Gasteiger partial charge on any atom is -0.478 e. The summed E-state index contributed by atoms with van der Waals surface area (Å²) in [5, 5.41) is 26.5. The van der Waals surface area contributed by atoms with Crippen molar-refractivity contribution in [2.24, 2.45) is 11.0 Å². The van der Waals surface area contributed by atoms with E-state index in [9.17, 15) is 24.8 Å². The van der Waals surface area contributed by atoms with Gasteiger partial charge in [-0.05, 0) is 54.5 Å². The molecule has 0 saturated carbocycles. The summed E-state index contributed by atoms with van der Waals surface area (Å²) >= 11 is 5.90. The van der Waals surface area contributed by atoms with E-state index in [0.717, 1.165) is 0 Å². The Bertz CT molecular complexity index is 1060. The van der Waals surface area contributed by atoms with Crippen LogP contribution >= 0.6 is 11.6 Å². The lowest BCUT2D eigenvalue weighted by atomic mass is 9.93. The first-order valence-electron chi connectivity index (χ1n) is 9.14. The second-order valence-electron chi connectivity index (χ2n) is 6.73. The monoisotopic (exact) mass is 443 g/mol. The van der Waals surface area contributed by atoms with Crippen LogP contribution in [0.3, 0.4) is 0 Å². The molecule has 1 heterocycles. The van der Waals surface area contributed by atoms with Crippen molar-refractivity contribution in [3.05, 3.63) is 74.8 Å². The molecule has 0 saturated heterocycles. The standard InChI is InChI=1S/C21H18ClN3O6/c1-31-12-19-18(20(26)24(23-19)16-8-4-15(22)5-9-16)11-14(21(27)28)10-13-2-6-17(7-3-13)25(29)30/h2-10,18H,11-12H2,1H3,(H,27,28). The van der Waals surface area contributed by atoms with Crippen molar-refractivity contribution in [2.75, 3.05) is 18.7 Å². The molecule has 1 aliphatic heterocycles. The molecule has 3 rings (SSSR count). The molecule has 1 atom stereocenters. The summed E-state index contributed by atoms with van der Waals surface area (Å²) in [6, 6.07) is 12.0. The third kappa shape index (κ3) is 5.14. The first kappa shape index (κ1) is 22.1. The van der Waals surface area contributed by atoms with Crippen molar-refractivity contribution in [1.82, 2.24) is 0 Å². The van der Waals surface area contributed by atoms with E-state index >= 15 is 0 Å². The minimum atomic E-state index is -1.20. The van der Waals surface area contributed by atoms with E-state index < -0.39 is 16.8 Å². The Labute approximate surface area is 182 Å². The highest BCUT2D eigenvalue weighted by Crippen LogP contribution is 2.29. The van der Waals surface area contributed by atoms with Gasteiger partial charge in [0.1, 0.15) is 0 Å². The molecule has 0 radical (unpaired) electrons. The first-order chi connectivity index (χ1) is 14.8. The molecule has 10 heteroatoms. The molecule has 0 fully saturated rings. The van der Waals surface area contributed by atoms with Crippen LogP contribution in [0.5, 0.6) is 0 Å². The fourth-order valence-electron chi connectivity index (χ4n) is 3.11. The van der Waals surface area contributed by atoms with Crippen LogP contribution in [0, 0.1) is 16.0 Å². The number of nitro groups is 1. The van der Waals surface area contributed by atoms with E-state index in [4.69, 9.17) is 16.3 Å². The number of hydrogen-bond donors (Lipinski definition) is 1. The largest absolute Gasteiger partial charge is 0.478 e. The SMILES string of the molecule is COCC1=NN(c2ccc(Cl)cc2)C(=O)C1CC(=Cc1ccc([N+](=O)[O-])cc1)C(=O)O. The number of carboxylic acids is 1. The third-order valence-electron chi connectivity index (χ3n) is 4.64. The Balaban J connectivity index is 1.88. The summed E-state index contributed by atoms with van der Waals surface area (Å²) in [6.07, 6.45) is 1.27. The van der Waals surface area contributed by atoms with Gasteiger partial charge in [0.25, 0.3) is 11.6 Å². The number of hydrazone groups is 1. The lowest BCUT2D eigenvalue weighted by Crippen LogP contribution is -2.29. The molecule has 31 heavy (non-hydrogen) atoms. The molecule has 9 nitrogen and oxygen atoms in total. The van der Waals surface area contributed by atoms with Gasteiger partial charge in [-0.15, -0.1) is 0 Å². The molecule has 1 aliphatic rings. The number of halogens is 1. The van der Waals surface area contributed by atoms with Gasteiger partial charge < -0.3 is 9.84 Å². The smallest absolute Gasteiger partial charge is 0.331 e. The van der Waals surface area contributed by atoms with Gasteiger partial charge in [-0.1, -0.05) is 11.6 Å². The number of benzene rings is 2. The van der Waals surface area contributed by atoms with Gasteiger partial charge in [-0.2, -0.15) is 5.10 Å². The van der Waals surface area contributed by atoms with Gasteiger partial charge in [0, 0.05) is 29.8 Å². The number of hydrogen-bond acceptors (Lipinski definition) is 6. The van der Waals surface area contributed by atoms with E-state index in [1.807, 2.05) is 0 Å². The predicted octanol–water partition coefficient (Wildman–Crippen LogP) is 3.77. The van der Waals surface area contributed by atoms with Gasteiger partial charge in [-0.25, -0.2) is 9.80 Å². The molecule has 0 bridgehead atoms. The topological polar surface area (TPSA) is 122 Å². The molecule has 2 aromatic carbocycles. The normalized spacial score (nSPS) is 16.4. The maximum absolute atomic E-state index is 13.0. The number of anilines is 1. The van der Waals surface area contributed by atoms with Gasteiger partial charge in [0.05, 0.1) is 28.8 Å². The summed E-state index contributed by atoms with van der Waals surface area (Å²) in [6.45, 7) is 0.0604. The molecule has 0 spiro atoms. The Hall–Kier alpha value is -3.56. The summed E-state index contributed by atoms with van der Waals surface area (Å²) in [5.74, 6) is -2.41. The van der Waals surface area contributed by atoms with Gasteiger partial charge in [0.2, 0.25) is 0 Å².